The van der Waals surface area contributed by atoms with Crippen molar-refractivity contribution in [3.8, 4) is 0 Å². The first-order chi connectivity index (χ1) is 19.2. The third-order valence-electron chi connectivity index (χ3n) is 9.19. The molecule has 2 saturated carbocycles. The summed E-state index contributed by atoms with van der Waals surface area (Å²) in [6.45, 7) is 4.53. The summed E-state index contributed by atoms with van der Waals surface area (Å²) in [5.41, 5.74) is 8.31. The summed E-state index contributed by atoms with van der Waals surface area (Å²) in [4.78, 5) is 46.1. The average molecular weight is 565 g/mol. The zero-order valence-electron chi connectivity index (χ0n) is 23.0. The van der Waals surface area contributed by atoms with Gasteiger partial charge in [0, 0.05) is 37.5 Å². The van der Waals surface area contributed by atoms with Gasteiger partial charge < -0.3 is 26.6 Å². The number of hydrogen-bond donors (Lipinski definition) is 4. The van der Waals surface area contributed by atoms with Crippen LogP contribution in [-0.2, 0) is 22.4 Å². The van der Waals surface area contributed by atoms with Gasteiger partial charge in [-0.25, -0.2) is 4.79 Å². The molecule has 3 fully saturated rings. The van der Waals surface area contributed by atoms with E-state index in [-0.39, 0.29) is 35.7 Å². The number of carbonyl (C=O) groups is 3. The lowest BCUT2D eigenvalue weighted by Gasteiger charge is -2.36. The molecule has 0 radical (unpaired) electrons. The number of halogens is 1. The Hall–Kier alpha value is -3.17. The van der Waals surface area contributed by atoms with Gasteiger partial charge in [0.25, 0.3) is 5.91 Å². The highest BCUT2D eigenvalue weighted by molar-refractivity contribution is 6.33. The Labute approximate surface area is 239 Å². The van der Waals surface area contributed by atoms with Crippen LogP contribution in [0.3, 0.4) is 0 Å². The number of nitrogens with zero attached hydrogens (tertiary/aromatic N) is 2. The number of carbonyl (C=O) groups excluding carboxylic acids is 3. The number of hydrogen-bond acceptors (Lipinski definition) is 5. The molecule has 1 aliphatic heterocycles. The number of nitrogens with two attached hydrogens (primary N) is 1. The van der Waals surface area contributed by atoms with E-state index in [1.54, 1.807) is 17.2 Å². The van der Waals surface area contributed by atoms with Gasteiger partial charge in [-0.15, -0.1) is 0 Å². The van der Waals surface area contributed by atoms with Crippen LogP contribution in [0.2, 0.25) is 5.02 Å². The minimum absolute atomic E-state index is 0.0624. The molecule has 3 atom stereocenters. The maximum Gasteiger partial charge on any atom is 0.318 e. The summed E-state index contributed by atoms with van der Waals surface area (Å²) in [5, 5.41) is 9.37. The maximum absolute atomic E-state index is 14.0. The lowest BCUT2D eigenvalue weighted by Crippen LogP contribution is -2.59. The van der Waals surface area contributed by atoms with Crippen molar-refractivity contribution in [2.24, 2.45) is 29.4 Å². The molecule has 3 aliphatic carbocycles. The summed E-state index contributed by atoms with van der Waals surface area (Å²) >= 11 is 6.31. The molecule has 4 amide bonds. The van der Waals surface area contributed by atoms with Crippen LogP contribution in [0.4, 0.5) is 16.2 Å². The van der Waals surface area contributed by atoms with Gasteiger partial charge in [0.2, 0.25) is 5.91 Å². The lowest BCUT2D eigenvalue weighted by atomic mass is 9.89. The maximum atomic E-state index is 14.0. The minimum atomic E-state index is -1.15. The normalized spacial score (nSPS) is 24.7. The number of nitrogens with one attached hydrogen (secondary N) is 3. The molecule has 2 heterocycles. The molecule has 6 rings (SSSR count). The van der Waals surface area contributed by atoms with E-state index in [0.29, 0.717) is 47.6 Å². The van der Waals surface area contributed by atoms with Crippen LogP contribution in [0.1, 0.15) is 50.7 Å². The monoisotopic (exact) mass is 564 g/mol. The molecule has 2 aromatic rings. The number of pyridine rings is 1. The van der Waals surface area contributed by atoms with Crippen LogP contribution in [0.25, 0.3) is 0 Å². The van der Waals surface area contributed by atoms with Crippen LogP contribution in [0.5, 0.6) is 0 Å². The van der Waals surface area contributed by atoms with Crippen molar-refractivity contribution in [1.82, 2.24) is 15.2 Å². The number of aromatic nitrogens is 1. The topological polar surface area (TPSA) is 129 Å². The third-order valence-corrected chi connectivity index (χ3v) is 9.49. The second-order valence-corrected chi connectivity index (χ2v) is 12.8. The highest BCUT2D eigenvalue weighted by atomic mass is 35.5. The van der Waals surface area contributed by atoms with Crippen molar-refractivity contribution in [1.29, 1.82) is 0 Å². The number of anilines is 2. The zero-order valence-corrected chi connectivity index (χ0v) is 23.7. The number of benzene rings is 1. The zero-order chi connectivity index (χ0) is 28.2. The predicted octanol–water partition coefficient (Wildman–Crippen LogP) is 3.96. The summed E-state index contributed by atoms with van der Waals surface area (Å²) < 4.78 is 0. The molecule has 40 heavy (non-hydrogen) atoms. The standard InChI is InChI=1S/C30H37ClN6O3/c1-16(2)24-15-37(29(40)36-24)30(28(39)35-23-9-10-33-14-22(23)31)12-19-7-8-21(11-20(19)13-30)34-27(38)26(32)25(17-3-4-17)18-5-6-18/h7-11,14,16-18,24-26H,3-6,12-13,15,32H2,1-2H3,(H,34,38)(H,36,40)(H,33,35,39)/t24-,26-,30?/m0/s1. The Morgan fingerprint density at radius 3 is 2.42 bits per heavy atom. The Morgan fingerprint density at radius 1 is 1.10 bits per heavy atom. The summed E-state index contributed by atoms with van der Waals surface area (Å²) in [6, 6.07) is 6.53. The number of rotatable bonds is 9. The summed E-state index contributed by atoms with van der Waals surface area (Å²) in [7, 11) is 0. The van der Waals surface area contributed by atoms with Crippen molar-refractivity contribution in [2.45, 2.75) is 70.0 Å². The number of urea groups is 1. The van der Waals surface area contributed by atoms with E-state index >= 15 is 0 Å². The fraction of sp³-hybridized carbons (Fsp3) is 0.533. The van der Waals surface area contributed by atoms with Crippen molar-refractivity contribution < 1.29 is 14.4 Å². The van der Waals surface area contributed by atoms with Crippen LogP contribution >= 0.6 is 11.6 Å². The fourth-order valence-electron chi connectivity index (χ4n) is 6.56. The molecule has 1 saturated heterocycles. The van der Waals surface area contributed by atoms with E-state index in [1.165, 1.54) is 6.20 Å². The fourth-order valence-corrected chi connectivity index (χ4v) is 6.73. The van der Waals surface area contributed by atoms with Gasteiger partial charge >= 0.3 is 6.03 Å². The molecule has 0 spiro atoms. The van der Waals surface area contributed by atoms with Crippen LogP contribution < -0.4 is 21.7 Å². The molecule has 1 unspecified atom stereocenters. The molecular formula is C30H37ClN6O3. The molecule has 1 aromatic carbocycles. The summed E-state index contributed by atoms with van der Waals surface area (Å²) in [5.74, 6) is 1.16. The predicted molar refractivity (Wildman–Crippen MR) is 154 cm³/mol. The first kappa shape index (κ1) is 27.0. The Balaban J connectivity index is 1.25. The number of fused-ring (bicyclic) bond motifs is 1. The van der Waals surface area contributed by atoms with Crippen molar-refractivity contribution in [2.75, 3.05) is 17.2 Å². The first-order valence-electron chi connectivity index (χ1n) is 14.3. The molecule has 9 nitrogen and oxygen atoms in total. The highest BCUT2D eigenvalue weighted by Crippen LogP contribution is 2.50. The largest absolute Gasteiger partial charge is 0.333 e. The molecular weight excluding hydrogens is 528 g/mol. The third kappa shape index (κ3) is 5.05. The van der Waals surface area contributed by atoms with Gasteiger partial charge in [-0.3, -0.25) is 14.6 Å². The van der Waals surface area contributed by atoms with Crippen LogP contribution in [0.15, 0.2) is 36.7 Å². The second kappa shape index (κ2) is 10.3. The van der Waals surface area contributed by atoms with E-state index in [2.05, 4.69) is 34.8 Å². The Bertz CT molecular complexity index is 1330. The molecule has 212 valence electrons. The van der Waals surface area contributed by atoms with E-state index in [4.69, 9.17) is 17.3 Å². The molecule has 4 aliphatic rings. The minimum Gasteiger partial charge on any atom is -0.333 e. The smallest absolute Gasteiger partial charge is 0.318 e. The highest BCUT2D eigenvalue weighted by Gasteiger charge is 2.54. The van der Waals surface area contributed by atoms with Gasteiger partial charge in [-0.2, -0.15) is 0 Å². The van der Waals surface area contributed by atoms with Crippen molar-refractivity contribution >= 4 is 40.8 Å². The van der Waals surface area contributed by atoms with Gasteiger partial charge in [0.15, 0.2) is 0 Å². The SMILES string of the molecule is CC(C)[C@@H]1CN(C2(C(=O)Nc3ccncc3Cl)Cc3ccc(NC(=O)[C@@H](N)C(C4CC4)C4CC4)cc3C2)C(=O)N1. The van der Waals surface area contributed by atoms with Crippen molar-refractivity contribution in [3.05, 3.63) is 52.8 Å². The average Bonchev–Trinajstić information content (AvgIpc) is 3.85. The number of amides is 4. The molecule has 0 bridgehead atoms. The van der Waals surface area contributed by atoms with Gasteiger partial charge in [0.1, 0.15) is 5.54 Å². The lowest BCUT2D eigenvalue weighted by molar-refractivity contribution is -0.125. The summed E-state index contributed by atoms with van der Waals surface area (Å²) in [6.07, 6.45) is 8.36. The molecule has 1 aromatic heterocycles. The molecule has 10 heteroatoms. The van der Waals surface area contributed by atoms with Gasteiger partial charge in [-0.1, -0.05) is 31.5 Å². The van der Waals surface area contributed by atoms with Gasteiger partial charge in [-0.05, 0) is 78.7 Å². The van der Waals surface area contributed by atoms with E-state index in [1.807, 2.05) is 18.2 Å². The van der Waals surface area contributed by atoms with E-state index < -0.39 is 11.6 Å². The van der Waals surface area contributed by atoms with E-state index in [0.717, 1.165) is 36.8 Å². The van der Waals surface area contributed by atoms with Gasteiger partial charge in [0.05, 0.1) is 22.8 Å². The molecule has 5 N–H and O–H groups in total. The first-order valence-corrected chi connectivity index (χ1v) is 14.7. The van der Waals surface area contributed by atoms with Crippen LogP contribution in [0, 0.1) is 23.7 Å². The second-order valence-electron chi connectivity index (χ2n) is 12.4. The van der Waals surface area contributed by atoms with Crippen molar-refractivity contribution in [3.63, 3.8) is 0 Å². The Morgan fingerprint density at radius 2 is 1.80 bits per heavy atom. The Kier molecular flexibility index (Phi) is 6.99. The van der Waals surface area contributed by atoms with Crippen LogP contribution in [-0.4, -0.2) is 51.9 Å². The van der Waals surface area contributed by atoms with E-state index in [9.17, 15) is 14.4 Å². The quantitative estimate of drug-likeness (QED) is 0.366.